The van der Waals surface area contributed by atoms with E-state index in [1.807, 2.05) is 7.05 Å². The highest BCUT2D eigenvalue weighted by atomic mass is 35.5. The smallest absolute Gasteiger partial charge is 0.268 e. The van der Waals surface area contributed by atoms with Gasteiger partial charge in [-0.05, 0) is 44.6 Å². The lowest BCUT2D eigenvalue weighted by Gasteiger charge is -2.35. The summed E-state index contributed by atoms with van der Waals surface area (Å²) in [6, 6.07) is 9.69. The molecule has 0 aromatic heterocycles. The molecule has 1 fully saturated rings. The van der Waals surface area contributed by atoms with Gasteiger partial charge in [-0.3, -0.25) is 9.59 Å². The van der Waals surface area contributed by atoms with Crippen LogP contribution in [0, 0.1) is 0 Å². The maximum atomic E-state index is 13.7. The molecule has 0 saturated carbocycles. The third-order valence-electron chi connectivity index (χ3n) is 6.14. The first kappa shape index (κ1) is 21.1. The zero-order valence-electron chi connectivity index (χ0n) is 16.6. The van der Waals surface area contributed by atoms with Crippen molar-refractivity contribution in [2.75, 3.05) is 25.0 Å². The quantitative estimate of drug-likeness (QED) is 0.753. The molecule has 2 aromatic carbocycles. The Morgan fingerprint density at radius 3 is 2.63 bits per heavy atom. The molecular weight excluding hydrogens is 425 g/mol. The van der Waals surface area contributed by atoms with Crippen molar-refractivity contribution >= 4 is 40.7 Å². The number of aliphatic hydroxyl groups is 1. The van der Waals surface area contributed by atoms with Crippen LogP contribution in [0.2, 0.25) is 10.0 Å². The van der Waals surface area contributed by atoms with Crippen molar-refractivity contribution in [1.82, 2.24) is 4.90 Å². The Morgan fingerprint density at radius 2 is 1.97 bits per heavy atom. The highest BCUT2D eigenvalue weighted by Crippen LogP contribution is 2.50. The van der Waals surface area contributed by atoms with Crippen molar-refractivity contribution < 1.29 is 14.7 Å². The van der Waals surface area contributed by atoms with Crippen LogP contribution in [0.25, 0.3) is 0 Å². The van der Waals surface area contributed by atoms with Gasteiger partial charge in [-0.1, -0.05) is 47.8 Å². The number of carbonyl (C=O) groups is 2. The van der Waals surface area contributed by atoms with E-state index in [-0.39, 0.29) is 32.8 Å². The lowest BCUT2D eigenvalue weighted by atomic mass is 9.87. The van der Waals surface area contributed by atoms with Gasteiger partial charge in [-0.2, -0.15) is 0 Å². The van der Waals surface area contributed by atoms with E-state index in [1.54, 1.807) is 24.3 Å². The molecule has 2 aromatic rings. The molecule has 2 aliphatic rings. The summed E-state index contributed by atoms with van der Waals surface area (Å²) < 4.78 is 0. The molecular formula is C22H23Cl2N3O3. The number of carbonyl (C=O) groups excluding carboxylic acids is 2. The predicted octanol–water partition coefficient (Wildman–Crippen LogP) is 3.16. The van der Waals surface area contributed by atoms with E-state index in [4.69, 9.17) is 28.9 Å². The number of amides is 2. The highest BCUT2D eigenvalue weighted by molar-refractivity contribution is 6.35. The summed E-state index contributed by atoms with van der Waals surface area (Å²) in [5.41, 5.74) is 4.48. The zero-order valence-corrected chi connectivity index (χ0v) is 18.1. The number of nitrogens with two attached hydrogens (primary N) is 1. The number of halogens is 2. The van der Waals surface area contributed by atoms with Crippen molar-refractivity contribution in [1.29, 1.82) is 0 Å². The van der Waals surface area contributed by atoms with Crippen molar-refractivity contribution in [2.45, 2.75) is 30.9 Å². The minimum atomic E-state index is -2.05. The van der Waals surface area contributed by atoms with Gasteiger partial charge < -0.3 is 20.6 Å². The standard InChI is InChI=1S/C22H23Cl2N3O3/c1-26-9-5-4-6-14(26)12-27-18-11-13(20(25)28)10-17(24)19(18)22(30,21(27)29)15-7-2-3-8-16(15)23/h2-3,7-8,10-11,14,30H,4-6,9,12H2,1H3,(H2,25,28). The summed E-state index contributed by atoms with van der Waals surface area (Å²) >= 11 is 12.9. The third kappa shape index (κ3) is 3.28. The summed E-state index contributed by atoms with van der Waals surface area (Å²) in [7, 11) is 2.03. The average Bonchev–Trinajstić information content (AvgIpc) is 2.92. The molecule has 2 amide bonds. The third-order valence-corrected chi connectivity index (χ3v) is 6.77. The Bertz CT molecular complexity index is 1030. The van der Waals surface area contributed by atoms with E-state index in [1.165, 1.54) is 17.0 Å². The fraction of sp³-hybridized carbons (Fsp3) is 0.364. The van der Waals surface area contributed by atoms with Gasteiger partial charge in [0.05, 0.1) is 10.7 Å². The number of benzene rings is 2. The summed E-state index contributed by atoms with van der Waals surface area (Å²) in [6.45, 7) is 1.31. The second-order valence-corrected chi connectivity index (χ2v) is 8.77. The first-order valence-electron chi connectivity index (χ1n) is 9.88. The summed E-state index contributed by atoms with van der Waals surface area (Å²) in [6.07, 6.45) is 3.11. The van der Waals surface area contributed by atoms with Crippen LogP contribution in [0.5, 0.6) is 0 Å². The number of fused-ring (bicyclic) bond motifs is 1. The number of anilines is 1. The van der Waals surface area contributed by atoms with Gasteiger partial charge in [0.15, 0.2) is 5.60 Å². The molecule has 0 spiro atoms. The number of hydrogen-bond acceptors (Lipinski definition) is 4. The number of nitrogens with zero attached hydrogens (tertiary/aromatic N) is 2. The number of likely N-dealkylation sites (N-methyl/N-ethyl adjacent to an activating group) is 1. The van der Waals surface area contributed by atoms with Crippen molar-refractivity contribution in [3.05, 3.63) is 63.1 Å². The molecule has 1 saturated heterocycles. The topological polar surface area (TPSA) is 86.9 Å². The molecule has 0 aliphatic carbocycles. The van der Waals surface area contributed by atoms with Crippen molar-refractivity contribution in [3.8, 4) is 0 Å². The number of piperidine rings is 1. The molecule has 2 unspecified atom stereocenters. The molecule has 2 heterocycles. The first-order chi connectivity index (χ1) is 14.2. The van der Waals surface area contributed by atoms with Crippen LogP contribution in [0.15, 0.2) is 36.4 Å². The van der Waals surface area contributed by atoms with Gasteiger partial charge in [-0.15, -0.1) is 0 Å². The van der Waals surface area contributed by atoms with E-state index in [2.05, 4.69) is 4.90 Å². The SMILES string of the molecule is CN1CCCCC1CN1C(=O)C(O)(c2ccccc2Cl)c2c(Cl)cc(C(N)=O)cc21. The minimum Gasteiger partial charge on any atom is -0.372 e. The molecule has 0 radical (unpaired) electrons. The monoisotopic (exact) mass is 447 g/mol. The van der Waals surface area contributed by atoms with Crippen LogP contribution in [-0.2, 0) is 10.4 Å². The molecule has 8 heteroatoms. The largest absolute Gasteiger partial charge is 0.372 e. The van der Waals surface area contributed by atoms with Crippen LogP contribution in [0.4, 0.5) is 5.69 Å². The molecule has 158 valence electrons. The van der Waals surface area contributed by atoms with Crippen molar-refractivity contribution in [3.63, 3.8) is 0 Å². The predicted molar refractivity (Wildman–Crippen MR) is 117 cm³/mol. The molecule has 4 rings (SSSR count). The lowest BCUT2D eigenvalue weighted by Crippen LogP contribution is -2.49. The molecule has 0 bridgehead atoms. The molecule has 2 atom stereocenters. The Kier molecular flexibility index (Phi) is 5.53. The maximum Gasteiger partial charge on any atom is 0.268 e. The Morgan fingerprint density at radius 1 is 1.23 bits per heavy atom. The van der Waals surface area contributed by atoms with E-state index in [0.717, 1.165) is 25.8 Å². The van der Waals surface area contributed by atoms with E-state index >= 15 is 0 Å². The zero-order chi connectivity index (χ0) is 21.6. The van der Waals surface area contributed by atoms with Gasteiger partial charge in [-0.25, -0.2) is 0 Å². The van der Waals surface area contributed by atoms with Crippen LogP contribution < -0.4 is 10.6 Å². The van der Waals surface area contributed by atoms with Gasteiger partial charge in [0.2, 0.25) is 5.91 Å². The Balaban J connectivity index is 1.89. The van der Waals surface area contributed by atoms with Gasteiger partial charge in [0.25, 0.3) is 5.91 Å². The second-order valence-electron chi connectivity index (χ2n) is 7.95. The molecule has 2 aliphatic heterocycles. The van der Waals surface area contributed by atoms with Crippen molar-refractivity contribution in [2.24, 2.45) is 5.73 Å². The van der Waals surface area contributed by atoms with Gasteiger partial charge in [0.1, 0.15) is 0 Å². The van der Waals surface area contributed by atoms with E-state index < -0.39 is 17.4 Å². The van der Waals surface area contributed by atoms with Gasteiger partial charge in [0, 0.05) is 34.3 Å². The average molecular weight is 448 g/mol. The number of rotatable bonds is 4. The highest BCUT2D eigenvalue weighted by Gasteiger charge is 2.54. The second kappa shape index (κ2) is 7.85. The van der Waals surface area contributed by atoms with E-state index in [0.29, 0.717) is 12.2 Å². The number of hydrogen-bond donors (Lipinski definition) is 2. The lowest BCUT2D eigenvalue weighted by molar-refractivity contribution is -0.132. The number of primary amides is 1. The van der Waals surface area contributed by atoms with Crippen LogP contribution in [0.3, 0.4) is 0 Å². The van der Waals surface area contributed by atoms with E-state index in [9.17, 15) is 14.7 Å². The van der Waals surface area contributed by atoms with Crippen LogP contribution in [-0.4, -0.2) is 48.0 Å². The summed E-state index contributed by atoms with van der Waals surface area (Å²) in [5.74, 6) is -1.19. The normalized spacial score (nSPS) is 24.2. The molecule has 6 nitrogen and oxygen atoms in total. The van der Waals surface area contributed by atoms with Crippen LogP contribution in [0.1, 0.15) is 40.7 Å². The van der Waals surface area contributed by atoms with Gasteiger partial charge >= 0.3 is 0 Å². The summed E-state index contributed by atoms with van der Waals surface area (Å²) in [5, 5.41) is 12.1. The minimum absolute atomic E-state index is 0.0940. The maximum absolute atomic E-state index is 13.7. The fourth-order valence-corrected chi connectivity index (χ4v) is 5.11. The fourth-order valence-electron chi connectivity index (χ4n) is 4.49. The Hall–Kier alpha value is -2.12. The Labute approximate surface area is 185 Å². The first-order valence-corrected chi connectivity index (χ1v) is 10.6. The number of likely N-dealkylation sites (tertiary alicyclic amines) is 1. The molecule has 3 N–H and O–H groups in total. The summed E-state index contributed by atoms with van der Waals surface area (Å²) in [4.78, 5) is 29.2. The van der Waals surface area contributed by atoms with Crippen LogP contribution >= 0.6 is 23.2 Å². The molecule has 30 heavy (non-hydrogen) atoms.